The van der Waals surface area contributed by atoms with Crippen LogP contribution in [0.4, 0.5) is 5.69 Å². The summed E-state index contributed by atoms with van der Waals surface area (Å²) in [6.07, 6.45) is 3.11. The van der Waals surface area contributed by atoms with Crippen molar-refractivity contribution in [1.29, 1.82) is 0 Å². The molecule has 1 aromatic heterocycles. The van der Waals surface area contributed by atoms with Gasteiger partial charge in [-0.05, 0) is 36.4 Å². The van der Waals surface area contributed by atoms with Crippen molar-refractivity contribution in [3.63, 3.8) is 0 Å². The summed E-state index contributed by atoms with van der Waals surface area (Å²) in [4.78, 5) is 4.32. The van der Waals surface area contributed by atoms with E-state index in [2.05, 4.69) is 34.6 Å². The van der Waals surface area contributed by atoms with Crippen LogP contribution >= 0.6 is 11.8 Å². The number of fused-ring (bicyclic) bond motifs is 1. The van der Waals surface area contributed by atoms with E-state index >= 15 is 0 Å². The molecule has 3 rings (SSSR count). The van der Waals surface area contributed by atoms with Crippen LogP contribution in [-0.4, -0.2) is 22.5 Å². The van der Waals surface area contributed by atoms with E-state index in [-0.39, 0.29) is 0 Å². The quantitative estimate of drug-likeness (QED) is 0.858. The molecular weight excluding hydrogens is 216 g/mol. The highest BCUT2D eigenvalue weighted by molar-refractivity contribution is 7.99. The molecule has 1 aliphatic heterocycles. The van der Waals surface area contributed by atoms with Crippen LogP contribution in [0.2, 0.25) is 0 Å². The molecule has 2 nitrogen and oxygen atoms in total. The Labute approximate surface area is 99.5 Å². The molecule has 1 saturated heterocycles. The van der Waals surface area contributed by atoms with Gasteiger partial charge in [-0.1, -0.05) is 6.07 Å². The maximum atomic E-state index is 4.32. The van der Waals surface area contributed by atoms with Crippen LogP contribution in [0.1, 0.15) is 6.42 Å². The standard InChI is InChI=1S/C13H14N2S/c1-2-10-8-11(3-4-13(10)14-6-1)15-12-5-7-16-9-12/h1-4,6,8,12,15H,5,7,9H2. The molecule has 2 aromatic rings. The van der Waals surface area contributed by atoms with Gasteiger partial charge >= 0.3 is 0 Å². The second-order valence-electron chi connectivity index (χ2n) is 4.12. The molecule has 3 heteroatoms. The Bertz CT molecular complexity index is 492. The molecule has 0 amide bonds. The zero-order valence-corrected chi connectivity index (χ0v) is 9.83. The molecule has 82 valence electrons. The number of aromatic nitrogens is 1. The lowest BCUT2D eigenvalue weighted by atomic mass is 10.2. The fourth-order valence-corrected chi connectivity index (χ4v) is 3.20. The van der Waals surface area contributed by atoms with Crippen LogP contribution in [0, 0.1) is 0 Å². The second-order valence-corrected chi connectivity index (χ2v) is 5.27. The number of anilines is 1. The number of benzene rings is 1. The minimum Gasteiger partial charge on any atom is -0.381 e. The predicted molar refractivity (Wildman–Crippen MR) is 71.1 cm³/mol. The Morgan fingerprint density at radius 3 is 3.19 bits per heavy atom. The topological polar surface area (TPSA) is 24.9 Å². The van der Waals surface area contributed by atoms with Gasteiger partial charge in [-0.15, -0.1) is 0 Å². The van der Waals surface area contributed by atoms with Gasteiger partial charge in [-0.2, -0.15) is 11.8 Å². The van der Waals surface area contributed by atoms with E-state index < -0.39 is 0 Å². The van der Waals surface area contributed by atoms with E-state index in [4.69, 9.17) is 0 Å². The van der Waals surface area contributed by atoms with E-state index in [0.29, 0.717) is 6.04 Å². The minimum atomic E-state index is 0.638. The van der Waals surface area contributed by atoms with E-state index in [0.717, 1.165) is 5.52 Å². The maximum Gasteiger partial charge on any atom is 0.0703 e. The molecule has 1 aliphatic rings. The van der Waals surface area contributed by atoms with Gasteiger partial charge in [0.1, 0.15) is 0 Å². The normalized spacial score (nSPS) is 20.1. The predicted octanol–water partition coefficient (Wildman–Crippen LogP) is 3.15. The van der Waals surface area contributed by atoms with Crippen molar-refractivity contribution in [2.24, 2.45) is 0 Å². The van der Waals surface area contributed by atoms with Crippen LogP contribution in [-0.2, 0) is 0 Å². The molecule has 0 spiro atoms. The maximum absolute atomic E-state index is 4.32. The first-order valence-corrected chi connectivity index (χ1v) is 6.76. The lowest BCUT2D eigenvalue weighted by molar-refractivity contribution is 0.813. The molecule has 0 radical (unpaired) electrons. The van der Waals surface area contributed by atoms with Crippen LogP contribution in [0.5, 0.6) is 0 Å². The first kappa shape index (κ1) is 9.97. The number of hydrogen-bond donors (Lipinski definition) is 1. The first-order valence-electron chi connectivity index (χ1n) is 5.61. The summed E-state index contributed by atoms with van der Waals surface area (Å²) < 4.78 is 0. The van der Waals surface area contributed by atoms with Crippen molar-refractivity contribution in [3.8, 4) is 0 Å². The first-order chi connectivity index (χ1) is 7.92. The Morgan fingerprint density at radius 2 is 2.31 bits per heavy atom. The van der Waals surface area contributed by atoms with Crippen molar-refractivity contribution in [2.75, 3.05) is 16.8 Å². The molecule has 1 atom stereocenters. The highest BCUT2D eigenvalue weighted by Crippen LogP contribution is 2.23. The molecule has 2 heterocycles. The van der Waals surface area contributed by atoms with Gasteiger partial charge in [-0.25, -0.2) is 0 Å². The van der Waals surface area contributed by atoms with Gasteiger partial charge < -0.3 is 5.32 Å². The van der Waals surface area contributed by atoms with Crippen LogP contribution < -0.4 is 5.32 Å². The number of nitrogens with one attached hydrogen (secondary N) is 1. The fourth-order valence-electron chi connectivity index (χ4n) is 2.05. The molecule has 1 unspecified atom stereocenters. The highest BCUT2D eigenvalue weighted by Gasteiger charge is 2.14. The van der Waals surface area contributed by atoms with Crippen LogP contribution in [0.25, 0.3) is 10.9 Å². The molecule has 1 N–H and O–H groups in total. The van der Waals surface area contributed by atoms with Crippen molar-refractivity contribution >= 4 is 28.4 Å². The summed E-state index contributed by atoms with van der Waals surface area (Å²) in [5.41, 5.74) is 2.28. The lowest BCUT2D eigenvalue weighted by Crippen LogP contribution is -2.17. The van der Waals surface area contributed by atoms with Crippen molar-refractivity contribution in [2.45, 2.75) is 12.5 Å². The molecule has 16 heavy (non-hydrogen) atoms. The SMILES string of the molecule is c1cnc2ccc(NC3CCSC3)cc2c1. The van der Waals surface area contributed by atoms with E-state index in [1.165, 1.54) is 29.0 Å². The number of hydrogen-bond acceptors (Lipinski definition) is 3. The van der Waals surface area contributed by atoms with Gasteiger partial charge in [-0.3, -0.25) is 4.98 Å². The molecule has 1 aromatic carbocycles. The summed E-state index contributed by atoms with van der Waals surface area (Å²) in [6, 6.07) is 11.1. The summed E-state index contributed by atoms with van der Waals surface area (Å²) >= 11 is 2.03. The van der Waals surface area contributed by atoms with Crippen LogP contribution in [0.15, 0.2) is 36.5 Å². The fraction of sp³-hybridized carbons (Fsp3) is 0.308. The molecule has 0 aliphatic carbocycles. The van der Waals surface area contributed by atoms with Crippen molar-refractivity contribution in [1.82, 2.24) is 4.98 Å². The number of thioether (sulfide) groups is 1. The lowest BCUT2D eigenvalue weighted by Gasteiger charge is -2.13. The second kappa shape index (κ2) is 4.34. The van der Waals surface area contributed by atoms with Gasteiger partial charge in [0, 0.05) is 29.1 Å². The van der Waals surface area contributed by atoms with Crippen molar-refractivity contribution < 1.29 is 0 Å². The van der Waals surface area contributed by atoms with E-state index in [9.17, 15) is 0 Å². The number of rotatable bonds is 2. The highest BCUT2D eigenvalue weighted by atomic mass is 32.2. The Hall–Kier alpha value is -1.22. The van der Waals surface area contributed by atoms with Gasteiger partial charge in [0.05, 0.1) is 5.52 Å². The molecule has 0 bridgehead atoms. The zero-order valence-electron chi connectivity index (χ0n) is 9.02. The Morgan fingerprint density at radius 1 is 1.31 bits per heavy atom. The van der Waals surface area contributed by atoms with Gasteiger partial charge in [0.15, 0.2) is 0 Å². The van der Waals surface area contributed by atoms with Gasteiger partial charge in [0.2, 0.25) is 0 Å². The van der Waals surface area contributed by atoms with E-state index in [1.54, 1.807) is 0 Å². The number of pyridine rings is 1. The third-order valence-electron chi connectivity index (χ3n) is 2.90. The summed E-state index contributed by atoms with van der Waals surface area (Å²) in [5, 5.41) is 4.79. The zero-order chi connectivity index (χ0) is 10.8. The third kappa shape index (κ3) is 2.00. The Kier molecular flexibility index (Phi) is 2.70. The summed E-state index contributed by atoms with van der Waals surface area (Å²) in [7, 11) is 0. The molecular formula is C13H14N2S. The third-order valence-corrected chi connectivity index (χ3v) is 4.07. The van der Waals surface area contributed by atoms with Crippen molar-refractivity contribution in [3.05, 3.63) is 36.5 Å². The Balaban J connectivity index is 1.86. The minimum absolute atomic E-state index is 0.638. The largest absolute Gasteiger partial charge is 0.381 e. The number of nitrogens with zero attached hydrogens (tertiary/aromatic N) is 1. The smallest absolute Gasteiger partial charge is 0.0703 e. The van der Waals surface area contributed by atoms with E-state index in [1.807, 2.05) is 24.0 Å². The average molecular weight is 230 g/mol. The monoisotopic (exact) mass is 230 g/mol. The summed E-state index contributed by atoms with van der Waals surface area (Å²) in [5.74, 6) is 2.51. The van der Waals surface area contributed by atoms with Gasteiger partial charge in [0.25, 0.3) is 0 Å². The average Bonchev–Trinajstić information content (AvgIpc) is 2.82. The summed E-state index contributed by atoms with van der Waals surface area (Å²) in [6.45, 7) is 0. The molecule has 1 fully saturated rings. The van der Waals surface area contributed by atoms with Crippen LogP contribution in [0.3, 0.4) is 0 Å². The molecule has 0 saturated carbocycles.